The van der Waals surface area contributed by atoms with Gasteiger partial charge in [0.2, 0.25) is 5.91 Å². The minimum absolute atomic E-state index is 0.0290. The van der Waals surface area contributed by atoms with Gasteiger partial charge in [0.1, 0.15) is 10.6 Å². The van der Waals surface area contributed by atoms with Gasteiger partial charge in [-0.3, -0.25) is 9.52 Å². The summed E-state index contributed by atoms with van der Waals surface area (Å²) in [6.07, 6.45) is 3.57. The van der Waals surface area contributed by atoms with Crippen LogP contribution in [0.25, 0.3) is 6.08 Å². The topological polar surface area (TPSA) is 105 Å². The van der Waals surface area contributed by atoms with Crippen molar-refractivity contribution in [3.05, 3.63) is 54.1 Å². The van der Waals surface area contributed by atoms with Gasteiger partial charge in [-0.15, -0.1) is 0 Å². The number of aryl methyl sites for hydroxylation is 1. The van der Waals surface area contributed by atoms with Crippen LogP contribution in [0.3, 0.4) is 0 Å². The molecule has 1 saturated carbocycles. The molecule has 0 radical (unpaired) electrons. The molecule has 0 aliphatic heterocycles. The molecule has 0 heterocycles. The Balaban J connectivity index is 1.84. The Labute approximate surface area is 183 Å². The van der Waals surface area contributed by atoms with Crippen LogP contribution in [0, 0.1) is 18.8 Å². The lowest BCUT2D eigenvalue weighted by molar-refractivity contribution is -0.121. The van der Waals surface area contributed by atoms with Gasteiger partial charge in [-0.25, -0.2) is 8.42 Å². The van der Waals surface area contributed by atoms with E-state index in [1.54, 1.807) is 31.2 Å². The molecule has 1 atom stereocenters. The maximum atomic E-state index is 13.0. The van der Waals surface area contributed by atoms with Gasteiger partial charge < -0.3 is 15.2 Å². The van der Waals surface area contributed by atoms with E-state index in [0.29, 0.717) is 11.4 Å². The SMILES string of the molecule is C=Cc1ccc(NS(=O)(=O)c2ccc(NC(=O)[C@@H](CO)C3CC3)cc2OCC)cc1C. The zero-order valence-electron chi connectivity index (χ0n) is 17.7. The van der Waals surface area contributed by atoms with E-state index in [0.717, 1.165) is 24.0 Å². The maximum Gasteiger partial charge on any atom is 0.265 e. The molecule has 1 aliphatic carbocycles. The van der Waals surface area contributed by atoms with Gasteiger partial charge in [0.25, 0.3) is 10.0 Å². The summed E-state index contributed by atoms with van der Waals surface area (Å²) in [6, 6.07) is 9.60. The number of benzene rings is 2. The van der Waals surface area contributed by atoms with E-state index in [1.807, 2.05) is 6.92 Å². The number of ether oxygens (including phenoxy) is 1. The third kappa shape index (κ3) is 5.45. The van der Waals surface area contributed by atoms with E-state index in [-0.39, 0.29) is 35.7 Å². The lowest BCUT2D eigenvalue weighted by Gasteiger charge is -2.17. The molecule has 1 amide bonds. The molecule has 0 bridgehead atoms. The first kappa shape index (κ1) is 22.8. The fourth-order valence-corrected chi connectivity index (χ4v) is 4.61. The summed E-state index contributed by atoms with van der Waals surface area (Å²) in [5.41, 5.74) is 2.66. The van der Waals surface area contributed by atoms with Gasteiger partial charge in [-0.05, 0) is 68.0 Å². The molecule has 3 rings (SSSR count). The van der Waals surface area contributed by atoms with Crippen molar-refractivity contribution in [3.8, 4) is 5.75 Å². The number of aliphatic hydroxyl groups is 1. The van der Waals surface area contributed by atoms with Gasteiger partial charge >= 0.3 is 0 Å². The van der Waals surface area contributed by atoms with Gasteiger partial charge in [0.15, 0.2) is 0 Å². The minimum atomic E-state index is -3.93. The van der Waals surface area contributed by atoms with Crippen molar-refractivity contribution in [2.24, 2.45) is 11.8 Å². The number of hydrogen-bond acceptors (Lipinski definition) is 5. The Kier molecular flexibility index (Phi) is 7.02. The summed E-state index contributed by atoms with van der Waals surface area (Å²) in [6.45, 7) is 7.41. The van der Waals surface area contributed by atoms with Crippen molar-refractivity contribution in [1.29, 1.82) is 0 Å². The van der Waals surface area contributed by atoms with Crippen LogP contribution < -0.4 is 14.8 Å². The number of carbonyl (C=O) groups excluding carboxylic acids is 1. The number of amides is 1. The van der Waals surface area contributed by atoms with Crippen LogP contribution in [0.1, 0.15) is 30.9 Å². The first-order valence-electron chi connectivity index (χ1n) is 10.2. The van der Waals surface area contributed by atoms with Crippen molar-refractivity contribution >= 4 is 33.4 Å². The van der Waals surface area contributed by atoms with E-state index in [4.69, 9.17) is 4.74 Å². The van der Waals surface area contributed by atoms with Crippen LogP contribution in [-0.2, 0) is 14.8 Å². The molecule has 31 heavy (non-hydrogen) atoms. The molecule has 0 spiro atoms. The number of sulfonamides is 1. The Morgan fingerprint density at radius 1 is 1.26 bits per heavy atom. The van der Waals surface area contributed by atoms with E-state index >= 15 is 0 Å². The minimum Gasteiger partial charge on any atom is -0.492 e. The van der Waals surface area contributed by atoms with Crippen LogP contribution in [0.15, 0.2) is 47.9 Å². The smallest absolute Gasteiger partial charge is 0.265 e. The summed E-state index contributed by atoms with van der Waals surface area (Å²) < 4.78 is 34.2. The number of nitrogens with one attached hydrogen (secondary N) is 2. The predicted molar refractivity (Wildman–Crippen MR) is 122 cm³/mol. The fraction of sp³-hybridized carbons (Fsp3) is 0.348. The first-order valence-corrected chi connectivity index (χ1v) is 11.7. The predicted octanol–water partition coefficient (Wildman–Crippen LogP) is 3.79. The number of hydrogen-bond donors (Lipinski definition) is 3. The molecule has 8 heteroatoms. The summed E-state index contributed by atoms with van der Waals surface area (Å²) in [5.74, 6) is -0.392. The maximum absolute atomic E-state index is 13.0. The van der Waals surface area contributed by atoms with Crippen LogP contribution >= 0.6 is 0 Å². The third-order valence-electron chi connectivity index (χ3n) is 5.27. The zero-order chi connectivity index (χ0) is 22.6. The molecular formula is C23H28N2O5S. The second-order valence-corrected chi connectivity index (χ2v) is 9.24. The quantitative estimate of drug-likeness (QED) is 0.517. The first-order chi connectivity index (χ1) is 14.8. The van der Waals surface area contributed by atoms with E-state index < -0.39 is 15.9 Å². The van der Waals surface area contributed by atoms with Gasteiger partial charge in [0, 0.05) is 17.4 Å². The zero-order valence-corrected chi connectivity index (χ0v) is 18.5. The highest BCUT2D eigenvalue weighted by Crippen LogP contribution is 2.37. The molecule has 7 nitrogen and oxygen atoms in total. The summed E-state index contributed by atoms with van der Waals surface area (Å²) >= 11 is 0. The van der Waals surface area contributed by atoms with Crippen molar-refractivity contribution in [1.82, 2.24) is 0 Å². The second-order valence-electron chi connectivity index (χ2n) is 7.59. The number of carbonyl (C=O) groups is 1. The largest absolute Gasteiger partial charge is 0.492 e. The molecule has 0 unspecified atom stereocenters. The molecule has 3 N–H and O–H groups in total. The molecule has 0 aromatic heterocycles. The van der Waals surface area contributed by atoms with Crippen LogP contribution in [-0.4, -0.2) is 32.6 Å². The van der Waals surface area contributed by atoms with Crippen molar-refractivity contribution < 1.29 is 23.1 Å². The van der Waals surface area contributed by atoms with Crippen LogP contribution in [0.5, 0.6) is 5.75 Å². The molecular weight excluding hydrogens is 416 g/mol. The van der Waals surface area contributed by atoms with Gasteiger partial charge in [0.05, 0.1) is 19.1 Å². The standard InChI is InChI=1S/C23H28N2O5S/c1-4-16-8-9-19(12-15(16)3)25-31(28,29)22-11-10-18(13-21(22)30-5-2)24-23(27)20(14-26)17-6-7-17/h4,8-13,17,20,25-26H,1,5-7,14H2,2-3H3,(H,24,27)/t20-/m0/s1. The highest BCUT2D eigenvalue weighted by Gasteiger charge is 2.35. The molecule has 1 aliphatic rings. The average molecular weight is 445 g/mol. The highest BCUT2D eigenvalue weighted by molar-refractivity contribution is 7.92. The number of anilines is 2. The monoisotopic (exact) mass is 444 g/mol. The van der Waals surface area contributed by atoms with Crippen molar-refractivity contribution in [3.63, 3.8) is 0 Å². The lowest BCUT2D eigenvalue weighted by atomic mass is 10.0. The van der Waals surface area contributed by atoms with E-state index in [1.165, 1.54) is 18.2 Å². The fourth-order valence-electron chi connectivity index (χ4n) is 3.43. The highest BCUT2D eigenvalue weighted by atomic mass is 32.2. The van der Waals surface area contributed by atoms with Crippen LogP contribution in [0.4, 0.5) is 11.4 Å². The lowest BCUT2D eigenvalue weighted by Crippen LogP contribution is -2.27. The molecule has 166 valence electrons. The van der Waals surface area contributed by atoms with Crippen molar-refractivity contribution in [2.45, 2.75) is 31.6 Å². The normalized spacial score (nSPS) is 14.5. The van der Waals surface area contributed by atoms with E-state index in [9.17, 15) is 18.3 Å². The molecule has 0 saturated heterocycles. The Morgan fingerprint density at radius 2 is 1.97 bits per heavy atom. The third-order valence-corrected chi connectivity index (χ3v) is 6.69. The average Bonchev–Trinajstić information content (AvgIpc) is 3.54. The Morgan fingerprint density at radius 3 is 2.55 bits per heavy atom. The molecule has 2 aromatic rings. The Hall–Kier alpha value is -2.84. The second kappa shape index (κ2) is 9.53. The van der Waals surface area contributed by atoms with Gasteiger partial charge in [-0.1, -0.05) is 18.7 Å². The van der Waals surface area contributed by atoms with E-state index in [2.05, 4.69) is 16.6 Å². The summed E-state index contributed by atoms with van der Waals surface area (Å²) in [7, 11) is -3.93. The molecule has 2 aromatic carbocycles. The molecule has 1 fully saturated rings. The number of rotatable bonds is 10. The number of aliphatic hydroxyl groups excluding tert-OH is 1. The Bertz CT molecular complexity index is 1080. The van der Waals surface area contributed by atoms with Crippen LogP contribution in [0.2, 0.25) is 0 Å². The van der Waals surface area contributed by atoms with Crippen molar-refractivity contribution in [2.75, 3.05) is 23.3 Å². The summed E-state index contributed by atoms with van der Waals surface area (Å²) in [5, 5.41) is 12.2. The van der Waals surface area contributed by atoms with Gasteiger partial charge in [-0.2, -0.15) is 0 Å². The summed E-state index contributed by atoms with van der Waals surface area (Å²) in [4.78, 5) is 12.4.